The monoisotopic (exact) mass is 303 g/mol. The summed E-state index contributed by atoms with van der Waals surface area (Å²) in [5.41, 5.74) is 4.11. The molecular formula is C19H17N3O. The number of para-hydroxylation sites is 2. The van der Waals surface area contributed by atoms with Gasteiger partial charge in [0.1, 0.15) is 17.1 Å². The van der Waals surface area contributed by atoms with Crippen molar-refractivity contribution in [2.45, 2.75) is 6.92 Å². The number of aromatic nitrogens is 2. The van der Waals surface area contributed by atoms with E-state index >= 15 is 0 Å². The summed E-state index contributed by atoms with van der Waals surface area (Å²) in [4.78, 5) is 13.6. The number of aliphatic imine (C=N–C) groups is 1. The van der Waals surface area contributed by atoms with Crippen molar-refractivity contribution in [2.24, 2.45) is 4.99 Å². The molecule has 23 heavy (non-hydrogen) atoms. The summed E-state index contributed by atoms with van der Waals surface area (Å²) in [6.45, 7) is 1.91. The number of benzene rings is 2. The molecular weight excluding hydrogens is 286 g/mol. The first kappa shape index (κ1) is 14.9. The SMILES string of the molecule is COc1ccccc1N=C(c1ccccc1)c1cnc(C)cn1. The highest BCUT2D eigenvalue weighted by molar-refractivity contribution is 6.12. The minimum absolute atomic E-state index is 0.723. The molecule has 0 bridgehead atoms. The first-order valence-corrected chi connectivity index (χ1v) is 7.34. The Bertz CT molecular complexity index is 812. The van der Waals surface area contributed by atoms with Gasteiger partial charge in [-0.1, -0.05) is 42.5 Å². The molecule has 0 aliphatic rings. The normalized spacial score (nSPS) is 11.3. The van der Waals surface area contributed by atoms with Crippen molar-refractivity contribution < 1.29 is 4.74 Å². The van der Waals surface area contributed by atoms with Gasteiger partial charge >= 0.3 is 0 Å². The second-order valence-electron chi connectivity index (χ2n) is 5.04. The number of ether oxygens (including phenoxy) is 1. The molecule has 1 heterocycles. The van der Waals surface area contributed by atoms with Crippen molar-refractivity contribution in [1.82, 2.24) is 9.97 Å². The molecule has 0 aliphatic carbocycles. The van der Waals surface area contributed by atoms with E-state index in [0.717, 1.165) is 34.1 Å². The third-order valence-corrected chi connectivity index (χ3v) is 3.39. The Balaban J connectivity index is 2.16. The predicted molar refractivity (Wildman–Crippen MR) is 91.5 cm³/mol. The van der Waals surface area contributed by atoms with Crippen molar-refractivity contribution >= 4 is 11.4 Å². The van der Waals surface area contributed by atoms with Crippen molar-refractivity contribution in [2.75, 3.05) is 7.11 Å². The van der Waals surface area contributed by atoms with E-state index in [-0.39, 0.29) is 0 Å². The van der Waals surface area contributed by atoms with Crippen LogP contribution in [0.5, 0.6) is 5.75 Å². The van der Waals surface area contributed by atoms with Gasteiger partial charge in [0.25, 0.3) is 0 Å². The average Bonchev–Trinajstić information content (AvgIpc) is 2.61. The third kappa shape index (κ3) is 3.43. The number of aryl methyl sites for hydroxylation is 1. The maximum absolute atomic E-state index is 5.39. The Kier molecular flexibility index (Phi) is 4.43. The minimum Gasteiger partial charge on any atom is -0.494 e. The molecule has 3 aromatic rings. The molecule has 0 atom stereocenters. The number of methoxy groups -OCH3 is 1. The van der Waals surface area contributed by atoms with Crippen LogP contribution in [0.3, 0.4) is 0 Å². The molecule has 0 amide bonds. The van der Waals surface area contributed by atoms with E-state index in [9.17, 15) is 0 Å². The number of hydrogen-bond acceptors (Lipinski definition) is 4. The Hall–Kier alpha value is -3.01. The second-order valence-corrected chi connectivity index (χ2v) is 5.04. The van der Waals surface area contributed by atoms with Crippen LogP contribution in [0.1, 0.15) is 17.0 Å². The predicted octanol–water partition coefficient (Wildman–Crippen LogP) is 3.96. The Labute approximate surface area is 135 Å². The van der Waals surface area contributed by atoms with Crippen LogP contribution in [0.4, 0.5) is 5.69 Å². The van der Waals surface area contributed by atoms with Gasteiger partial charge in [-0.3, -0.25) is 9.97 Å². The smallest absolute Gasteiger partial charge is 0.144 e. The van der Waals surface area contributed by atoms with E-state index in [2.05, 4.69) is 9.97 Å². The first-order valence-electron chi connectivity index (χ1n) is 7.34. The van der Waals surface area contributed by atoms with Crippen LogP contribution in [0.15, 0.2) is 72.0 Å². The van der Waals surface area contributed by atoms with Crippen molar-refractivity contribution in [3.05, 3.63) is 83.9 Å². The molecule has 3 rings (SSSR count). The molecule has 114 valence electrons. The molecule has 0 aliphatic heterocycles. The Morgan fingerprint density at radius 2 is 1.65 bits per heavy atom. The lowest BCUT2D eigenvalue weighted by molar-refractivity contribution is 0.416. The highest BCUT2D eigenvalue weighted by Gasteiger charge is 2.10. The molecule has 2 aromatic carbocycles. The maximum Gasteiger partial charge on any atom is 0.144 e. The van der Waals surface area contributed by atoms with Gasteiger partial charge in [-0.05, 0) is 19.1 Å². The highest BCUT2D eigenvalue weighted by Crippen LogP contribution is 2.28. The van der Waals surface area contributed by atoms with Gasteiger partial charge < -0.3 is 4.74 Å². The highest BCUT2D eigenvalue weighted by atomic mass is 16.5. The zero-order valence-electron chi connectivity index (χ0n) is 13.1. The summed E-state index contributed by atoms with van der Waals surface area (Å²) in [5.74, 6) is 0.723. The lowest BCUT2D eigenvalue weighted by atomic mass is 10.1. The van der Waals surface area contributed by atoms with E-state index in [1.165, 1.54) is 0 Å². The fraction of sp³-hybridized carbons (Fsp3) is 0.105. The molecule has 1 aromatic heterocycles. The van der Waals surface area contributed by atoms with Gasteiger partial charge in [0.2, 0.25) is 0 Å². The molecule has 0 fully saturated rings. The largest absolute Gasteiger partial charge is 0.494 e. The van der Waals surface area contributed by atoms with E-state index in [4.69, 9.17) is 9.73 Å². The summed E-state index contributed by atoms with van der Waals surface area (Å²) in [6, 6.07) is 17.6. The number of nitrogens with zero attached hydrogens (tertiary/aromatic N) is 3. The standard InChI is InChI=1S/C19H17N3O/c1-14-12-21-17(13-20-14)19(15-8-4-3-5-9-15)22-16-10-6-7-11-18(16)23-2/h3-13H,1-2H3. The van der Waals surface area contributed by atoms with Crippen LogP contribution in [0.25, 0.3) is 0 Å². The van der Waals surface area contributed by atoms with Gasteiger partial charge in [0.05, 0.1) is 24.7 Å². The van der Waals surface area contributed by atoms with Crippen LogP contribution < -0.4 is 4.74 Å². The molecule has 0 unspecified atom stereocenters. The second kappa shape index (κ2) is 6.83. The molecule has 0 saturated carbocycles. The van der Waals surface area contributed by atoms with Crippen LogP contribution >= 0.6 is 0 Å². The van der Waals surface area contributed by atoms with Gasteiger partial charge in [0, 0.05) is 11.8 Å². The first-order chi connectivity index (χ1) is 11.3. The molecule has 4 heteroatoms. The van der Waals surface area contributed by atoms with Crippen molar-refractivity contribution in [3.8, 4) is 5.75 Å². The van der Waals surface area contributed by atoms with E-state index < -0.39 is 0 Å². The van der Waals surface area contributed by atoms with Crippen molar-refractivity contribution in [1.29, 1.82) is 0 Å². The lowest BCUT2D eigenvalue weighted by Crippen LogP contribution is -2.06. The Morgan fingerprint density at radius 3 is 2.35 bits per heavy atom. The minimum atomic E-state index is 0.723. The summed E-state index contributed by atoms with van der Waals surface area (Å²) in [7, 11) is 1.64. The van der Waals surface area contributed by atoms with Crippen LogP contribution in [-0.2, 0) is 0 Å². The molecule has 4 nitrogen and oxygen atoms in total. The topological polar surface area (TPSA) is 47.4 Å². The molecule has 0 radical (unpaired) electrons. The molecule has 0 saturated heterocycles. The average molecular weight is 303 g/mol. The third-order valence-electron chi connectivity index (χ3n) is 3.39. The summed E-state index contributed by atoms with van der Waals surface area (Å²) >= 11 is 0. The summed E-state index contributed by atoms with van der Waals surface area (Å²) < 4.78 is 5.39. The van der Waals surface area contributed by atoms with E-state index in [0.29, 0.717) is 0 Å². The fourth-order valence-electron chi connectivity index (χ4n) is 2.22. The van der Waals surface area contributed by atoms with Crippen molar-refractivity contribution in [3.63, 3.8) is 0 Å². The van der Waals surface area contributed by atoms with E-state index in [1.807, 2.05) is 61.5 Å². The van der Waals surface area contributed by atoms with Gasteiger partial charge in [0.15, 0.2) is 0 Å². The number of rotatable bonds is 4. The van der Waals surface area contributed by atoms with Gasteiger partial charge in [-0.25, -0.2) is 4.99 Å². The fourth-order valence-corrected chi connectivity index (χ4v) is 2.22. The summed E-state index contributed by atoms with van der Waals surface area (Å²) in [5, 5.41) is 0. The zero-order valence-corrected chi connectivity index (χ0v) is 13.1. The molecule has 0 spiro atoms. The summed E-state index contributed by atoms with van der Waals surface area (Å²) in [6.07, 6.45) is 3.49. The van der Waals surface area contributed by atoms with Gasteiger partial charge in [-0.2, -0.15) is 0 Å². The molecule has 0 N–H and O–H groups in total. The van der Waals surface area contributed by atoms with Crippen LogP contribution in [0, 0.1) is 6.92 Å². The quantitative estimate of drug-likeness (QED) is 0.685. The maximum atomic E-state index is 5.39. The van der Waals surface area contributed by atoms with E-state index in [1.54, 1.807) is 19.5 Å². The lowest BCUT2D eigenvalue weighted by Gasteiger charge is -2.09. The van der Waals surface area contributed by atoms with Crippen LogP contribution in [0.2, 0.25) is 0 Å². The van der Waals surface area contributed by atoms with Gasteiger partial charge in [-0.15, -0.1) is 0 Å². The zero-order chi connectivity index (χ0) is 16.1. The van der Waals surface area contributed by atoms with Crippen LogP contribution in [-0.4, -0.2) is 22.8 Å². The number of hydrogen-bond donors (Lipinski definition) is 0. The Morgan fingerprint density at radius 1 is 0.913 bits per heavy atom.